The summed E-state index contributed by atoms with van der Waals surface area (Å²) in [6.45, 7) is 10.6. The minimum atomic E-state index is -1.21. The van der Waals surface area contributed by atoms with Crippen molar-refractivity contribution in [2.45, 2.75) is 65.0 Å². The minimum Gasteiger partial charge on any atom is -0.294 e. The standard InChI is InChI=1S/C31H34N2O4/c1-30(2,3)32-27(35)26(28(36)33(29(32)37)31(4,5)6)24(21-13-8-7-9-14-21)19-25(34)23-17-16-20-12-10-11-15-22(20)18-23/h7-18,24,26H,19H2,1-6H3/t24-/m1/s1. The van der Waals surface area contributed by atoms with E-state index in [0.29, 0.717) is 11.1 Å². The van der Waals surface area contributed by atoms with Crippen molar-refractivity contribution in [1.29, 1.82) is 0 Å². The molecule has 0 N–H and O–H groups in total. The average molecular weight is 499 g/mol. The van der Waals surface area contributed by atoms with E-state index in [2.05, 4.69) is 0 Å². The van der Waals surface area contributed by atoms with E-state index < -0.39 is 40.8 Å². The SMILES string of the molecule is CC(C)(C)N1C(=O)C([C@H](CC(=O)c2ccc3ccccc3c2)c2ccccc2)C(=O)N(C(C)(C)C)C1=O. The highest BCUT2D eigenvalue weighted by atomic mass is 16.2. The number of imide groups is 2. The summed E-state index contributed by atoms with van der Waals surface area (Å²) in [7, 11) is 0. The summed E-state index contributed by atoms with van der Waals surface area (Å²) in [4.78, 5) is 57.3. The number of ketones is 1. The molecule has 0 aromatic heterocycles. The van der Waals surface area contributed by atoms with Gasteiger partial charge in [0.15, 0.2) is 5.78 Å². The van der Waals surface area contributed by atoms with Gasteiger partial charge >= 0.3 is 6.03 Å². The van der Waals surface area contributed by atoms with Crippen LogP contribution in [0.5, 0.6) is 0 Å². The lowest BCUT2D eigenvalue weighted by Gasteiger charge is -2.48. The third kappa shape index (κ3) is 5.06. The molecule has 0 bridgehead atoms. The van der Waals surface area contributed by atoms with Gasteiger partial charge in [-0.25, -0.2) is 4.79 Å². The Balaban J connectivity index is 1.81. The van der Waals surface area contributed by atoms with E-state index in [1.807, 2.05) is 66.7 Å². The summed E-state index contributed by atoms with van der Waals surface area (Å²) in [5.74, 6) is -3.24. The van der Waals surface area contributed by atoms with Gasteiger partial charge in [-0.3, -0.25) is 24.2 Å². The van der Waals surface area contributed by atoms with Crippen molar-refractivity contribution < 1.29 is 19.2 Å². The molecule has 1 heterocycles. The summed E-state index contributed by atoms with van der Waals surface area (Å²) in [6, 6.07) is 21.9. The molecule has 37 heavy (non-hydrogen) atoms. The summed E-state index contributed by atoms with van der Waals surface area (Å²) in [6.07, 6.45) is -0.0470. The fourth-order valence-electron chi connectivity index (χ4n) is 5.06. The Labute approximate surface area is 218 Å². The normalized spacial score (nSPS) is 16.4. The van der Waals surface area contributed by atoms with Gasteiger partial charge in [0.05, 0.1) is 0 Å². The fraction of sp³-hybridized carbons (Fsp3) is 0.355. The Morgan fingerprint density at radius 3 is 1.78 bits per heavy atom. The van der Waals surface area contributed by atoms with E-state index >= 15 is 0 Å². The molecular weight excluding hydrogens is 464 g/mol. The third-order valence-corrected chi connectivity index (χ3v) is 6.80. The van der Waals surface area contributed by atoms with Crippen molar-refractivity contribution in [1.82, 2.24) is 9.80 Å². The van der Waals surface area contributed by atoms with Crippen LogP contribution < -0.4 is 0 Å². The predicted octanol–water partition coefficient (Wildman–Crippen LogP) is 6.20. The number of hydrogen-bond donors (Lipinski definition) is 0. The van der Waals surface area contributed by atoms with Crippen LogP contribution in [0.15, 0.2) is 72.8 Å². The third-order valence-electron chi connectivity index (χ3n) is 6.80. The molecule has 0 spiro atoms. The number of benzene rings is 3. The number of amides is 4. The van der Waals surface area contributed by atoms with E-state index in [1.54, 1.807) is 47.6 Å². The largest absolute Gasteiger partial charge is 0.334 e. The van der Waals surface area contributed by atoms with E-state index in [-0.39, 0.29) is 12.2 Å². The van der Waals surface area contributed by atoms with Crippen LogP contribution in [-0.2, 0) is 9.59 Å². The maximum Gasteiger partial charge on any atom is 0.334 e. The molecule has 0 saturated carbocycles. The van der Waals surface area contributed by atoms with Gasteiger partial charge in [-0.1, -0.05) is 66.7 Å². The first kappa shape index (κ1) is 26.3. The zero-order valence-corrected chi connectivity index (χ0v) is 22.3. The zero-order valence-electron chi connectivity index (χ0n) is 22.3. The molecule has 192 valence electrons. The first-order valence-electron chi connectivity index (χ1n) is 12.6. The van der Waals surface area contributed by atoms with Gasteiger partial charge in [0.2, 0.25) is 11.8 Å². The summed E-state index contributed by atoms with van der Waals surface area (Å²) in [5, 5.41) is 1.97. The Bertz CT molecular complexity index is 1330. The van der Waals surface area contributed by atoms with Gasteiger partial charge in [-0.05, 0) is 63.9 Å². The van der Waals surface area contributed by atoms with Crippen molar-refractivity contribution in [3.05, 3.63) is 83.9 Å². The summed E-state index contributed by atoms with van der Waals surface area (Å²) >= 11 is 0. The number of Topliss-reactive ketones (excluding diaryl/α,β-unsaturated/α-hetero) is 1. The maximum absolute atomic E-state index is 13.9. The molecule has 6 heteroatoms. The summed E-state index contributed by atoms with van der Waals surface area (Å²) in [5.41, 5.74) is -0.465. The zero-order chi connectivity index (χ0) is 27.1. The van der Waals surface area contributed by atoms with E-state index in [1.165, 1.54) is 9.80 Å². The average Bonchev–Trinajstić information content (AvgIpc) is 2.81. The van der Waals surface area contributed by atoms with Gasteiger partial charge in [-0.2, -0.15) is 0 Å². The van der Waals surface area contributed by atoms with E-state index in [4.69, 9.17) is 0 Å². The molecule has 3 aromatic rings. The molecule has 4 rings (SSSR count). The highest BCUT2D eigenvalue weighted by molar-refractivity contribution is 6.17. The number of carbonyl (C=O) groups is 4. The van der Waals surface area contributed by atoms with Gasteiger partial charge in [0.25, 0.3) is 0 Å². The molecule has 6 nitrogen and oxygen atoms in total. The van der Waals surface area contributed by atoms with E-state index in [9.17, 15) is 19.2 Å². The second-order valence-electron chi connectivity index (χ2n) is 11.7. The van der Waals surface area contributed by atoms with Crippen LogP contribution in [0.4, 0.5) is 4.79 Å². The van der Waals surface area contributed by atoms with Crippen LogP contribution in [-0.4, -0.2) is 44.5 Å². The number of nitrogens with zero attached hydrogens (tertiary/aromatic N) is 2. The van der Waals surface area contributed by atoms with Crippen LogP contribution >= 0.6 is 0 Å². The van der Waals surface area contributed by atoms with Gasteiger partial charge in [-0.15, -0.1) is 0 Å². The number of fused-ring (bicyclic) bond motifs is 1. The molecule has 1 atom stereocenters. The molecule has 0 aliphatic carbocycles. The molecule has 1 aliphatic rings. The molecule has 4 amide bonds. The molecule has 1 fully saturated rings. The topological polar surface area (TPSA) is 74.8 Å². The Kier molecular flexibility index (Phi) is 6.80. The number of hydrogen-bond acceptors (Lipinski definition) is 4. The second kappa shape index (κ2) is 9.58. The molecule has 0 unspecified atom stereocenters. The Morgan fingerprint density at radius 2 is 1.24 bits per heavy atom. The predicted molar refractivity (Wildman–Crippen MR) is 144 cm³/mol. The van der Waals surface area contributed by atoms with Crippen molar-refractivity contribution in [2.24, 2.45) is 5.92 Å². The highest BCUT2D eigenvalue weighted by Crippen LogP contribution is 2.39. The van der Waals surface area contributed by atoms with Crippen LogP contribution in [0.2, 0.25) is 0 Å². The maximum atomic E-state index is 13.9. The van der Waals surface area contributed by atoms with Crippen LogP contribution in [0.1, 0.15) is 69.8 Å². The number of rotatable bonds is 5. The lowest BCUT2D eigenvalue weighted by molar-refractivity contribution is -0.156. The lowest BCUT2D eigenvalue weighted by atomic mass is 9.77. The lowest BCUT2D eigenvalue weighted by Crippen LogP contribution is -2.68. The van der Waals surface area contributed by atoms with Gasteiger partial charge < -0.3 is 0 Å². The molecule has 0 radical (unpaired) electrons. The monoisotopic (exact) mass is 498 g/mol. The van der Waals surface area contributed by atoms with Crippen molar-refractivity contribution in [3.8, 4) is 0 Å². The second-order valence-corrected chi connectivity index (χ2v) is 11.7. The first-order valence-corrected chi connectivity index (χ1v) is 12.6. The number of carbonyl (C=O) groups excluding carboxylic acids is 4. The van der Waals surface area contributed by atoms with Gasteiger partial charge in [0.1, 0.15) is 5.92 Å². The fourth-order valence-corrected chi connectivity index (χ4v) is 5.06. The summed E-state index contributed by atoms with van der Waals surface area (Å²) < 4.78 is 0. The van der Waals surface area contributed by atoms with Gasteiger partial charge in [0, 0.05) is 29.0 Å². The number of barbiturate groups is 1. The smallest absolute Gasteiger partial charge is 0.294 e. The van der Waals surface area contributed by atoms with Crippen molar-refractivity contribution >= 4 is 34.4 Å². The minimum absolute atomic E-state index is 0.0470. The van der Waals surface area contributed by atoms with Crippen LogP contribution in [0.3, 0.4) is 0 Å². The molecule has 3 aromatic carbocycles. The molecule has 1 saturated heterocycles. The van der Waals surface area contributed by atoms with Crippen LogP contribution in [0.25, 0.3) is 10.8 Å². The quantitative estimate of drug-likeness (QED) is 0.310. The molecular formula is C31H34N2O4. The first-order chi connectivity index (χ1) is 17.3. The molecule has 1 aliphatic heterocycles. The van der Waals surface area contributed by atoms with Crippen LogP contribution in [0, 0.1) is 5.92 Å². The van der Waals surface area contributed by atoms with E-state index in [0.717, 1.165) is 10.8 Å². The van der Waals surface area contributed by atoms with Crippen molar-refractivity contribution in [2.75, 3.05) is 0 Å². The Morgan fingerprint density at radius 1 is 0.730 bits per heavy atom. The Hall–Kier alpha value is -3.80. The highest BCUT2D eigenvalue weighted by Gasteiger charge is 2.55. The number of urea groups is 1. The van der Waals surface area contributed by atoms with Crippen molar-refractivity contribution in [3.63, 3.8) is 0 Å².